The predicted molar refractivity (Wildman–Crippen MR) is 150 cm³/mol. The summed E-state index contributed by atoms with van der Waals surface area (Å²) in [6.07, 6.45) is 4.60. The Labute approximate surface area is 225 Å². The molecule has 0 bridgehead atoms. The van der Waals surface area contributed by atoms with Crippen LogP contribution in [0.5, 0.6) is 0 Å². The lowest BCUT2D eigenvalue weighted by molar-refractivity contribution is -0.162. The molecule has 7 nitrogen and oxygen atoms in total. The van der Waals surface area contributed by atoms with Gasteiger partial charge in [-0.15, -0.1) is 0 Å². The van der Waals surface area contributed by atoms with Crippen molar-refractivity contribution in [2.24, 2.45) is 5.41 Å². The van der Waals surface area contributed by atoms with Gasteiger partial charge in [0.05, 0.1) is 23.4 Å². The highest BCUT2D eigenvalue weighted by molar-refractivity contribution is 7.91. The minimum Gasteiger partial charge on any atom is -0.459 e. The summed E-state index contributed by atoms with van der Waals surface area (Å²) in [5.74, 6) is -0.336. The fourth-order valence-electron chi connectivity index (χ4n) is 3.63. The molecule has 1 aromatic rings. The van der Waals surface area contributed by atoms with Crippen molar-refractivity contribution in [3.63, 3.8) is 0 Å². The summed E-state index contributed by atoms with van der Waals surface area (Å²) in [7, 11) is -5.30. The maximum atomic E-state index is 13.2. The second-order valence-electron chi connectivity index (χ2n) is 13.3. The Morgan fingerprint density at radius 2 is 1.58 bits per heavy atom. The van der Waals surface area contributed by atoms with E-state index in [1.165, 1.54) is 12.4 Å². The largest absolute Gasteiger partial charge is 0.459 e. The van der Waals surface area contributed by atoms with Gasteiger partial charge in [0.15, 0.2) is 18.2 Å². The van der Waals surface area contributed by atoms with Crippen molar-refractivity contribution in [2.45, 2.75) is 111 Å². The molecule has 0 spiro atoms. The summed E-state index contributed by atoms with van der Waals surface area (Å²) >= 11 is 6.06. The van der Waals surface area contributed by atoms with Gasteiger partial charge in [-0.1, -0.05) is 52.6 Å². The minimum absolute atomic E-state index is 0.0106. The third-order valence-electron chi connectivity index (χ3n) is 6.82. The van der Waals surface area contributed by atoms with Crippen molar-refractivity contribution in [2.75, 3.05) is 18.1 Å². The lowest BCUT2D eigenvalue weighted by Gasteiger charge is -2.36. The SMILES string of the molecule is CC(C)(CCCC(C)(C(=O)OC(C)(C)C)c1cncc(Cl)n1)CS(=O)(=O)CCO[Si](C)(C)C(C)(C)C. The maximum Gasteiger partial charge on any atom is 0.318 e. The normalized spacial score (nSPS) is 15.4. The van der Waals surface area contributed by atoms with Crippen LogP contribution in [0.1, 0.15) is 87.3 Å². The van der Waals surface area contributed by atoms with Gasteiger partial charge in [-0.3, -0.25) is 9.78 Å². The molecule has 0 amide bonds. The van der Waals surface area contributed by atoms with Gasteiger partial charge in [0.2, 0.25) is 0 Å². The van der Waals surface area contributed by atoms with E-state index in [1.54, 1.807) is 6.92 Å². The average molecular weight is 563 g/mol. The Morgan fingerprint density at radius 3 is 2.08 bits per heavy atom. The van der Waals surface area contributed by atoms with Crippen LogP contribution >= 0.6 is 11.6 Å². The summed E-state index contributed by atoms with van der Waals surface area (Å²) in [5, 5.41) is 0.234. The lowest BCUT2D eigenvalue weighted by atomic mass is 9.79. The highest BCUT2D eigenvalue weighted by Crippen LogP contribution is 2.37. The number of ether oxygens (including phenoxy) is 1. The number of hydrogen-bond acceptors (Lipinski definition) is 7. The van der Waals surface area contributed by atoms with Crippen molar-refractivity contribution < 1.29 is 22.4 Å². The van der Waals surface area contributed by atoms with Crippen molar-refractivity contribution in [3.05, 3.63) is 23.2 Å². The van der Waals surface area contributed by atoms with E-state index in [-0.39, 0.29) is 28.3 Å². The van der Waals surface area contributed by atoms with E-state index in [2.05, 4.69) is 43.8 Å². The highest BCUT2D eigenvalue weighted by Gasteiger charge is 2.41. The molecule has 0 aliphatic carbocycles. The second kappa shape index (κ2) is 11.8. The van der Waals surface area contributed by atoms with Gasteiger partial charge in [-0.25, -0.2) is 13.4 Å². The first-order chi connectivity index (χ1) is 16.0. The molecule has 1 atom stereocenters. The molecule has 0 aromatic carbocycles. The molecule has 1 heterocycles. The second-order valence-corrected chi connectivity index (χ2v) is 20.7. The third kappa shape index (κ3) is 10.4. The summed E-state index contributed by atoms with van der Waals surface area (Å²) in [6, 6.07) is 0. The molecule has 0 aliphatic rings. The van der Waals surface area contributed by atoms with Crippen molar-refractivity contribution in [1.82, 2.24) is 9.97 Å². The number of hydrogen-bond donors (Lipinski definition) is 0. The van der Waals surface area contributed by atoms with Crippen LogP contribution in [-0.4, -0.2) is 56.4 Å². The van der Waals surface area contributed by atoms with Crippen LogP contribution in [0, 0.1) is 5.41 Å². The van der Waals surface area contributed by atoms with E-state index in [0.717, 1.165) is 0 Å². The van der Waals surface area contributed by atoms with E-state index in [4.69, 9.17) is 20.8 Å². The minimum atomic E-state index is -3.31. The van der Waals surface area contributed by atoms with E-state index in [9.17, 15) is 13.2 Å². The molecule has 0 N–H and O–H groups in total. The first-order valence-electron chi connectivity index (χ1n) is 12.6. The quantitative estimate of drug-likeness (QED) is 0.216. The van der Waals surface area contributed by atoms with Crippen LogP contribution in [0.25, 0.3) is 0 Å². The fraction of sp³-hybridized carbons (Fsp3) is 0.808. The van der Waals surface area contributed by atoms with Crippen LogP contribution < -0.4 is 0 Å². The Morgan fingerprint density at radius 1 is 1.00 bits per heavy atom. The summed E-state index contributed by atoms with van der Waals surface area (Å²) in [4.78, 5) is 21.6. The Balaban J connectivity index is 2.87. The summed E-state index contributed by atoms with van der Waals surface area (Å²) < 4.78 is 37.6. The van der Waals surface area contributed by atoms with Crippen molar-refractivity contribution >= 4 is 35.7 Å². The molecule has 208 valence electrons. The number of nitrogens with zero attached hydrogens (tertiary/aromatic N) is 2. The Kier molecular flexibility index (Phi) is 10.8. The monoisotopic (exact) mass is 562 g/mol. The molecule has 0 radical (unpaired) electrons. The zero-order valence-corrected chi connectivity index (χ0v) is 26.7. The zero-order valence-electron chi connectivity index (χ0n) is 24.1. The number of carbonyl (C=O) groups excluding carboxylic acids is 1. The molecular formula is C26H47ClN2O5SSi. The van der Waals surface area contributed by atoms with Gasteiger partial charge in [0, 0.05) is 12.8 Å². The highest BCUT2D eigenvalue weighted by atomic mass is 35.5. The van der Waals surface area contributed by atoms with E-state index < -0.39 is 40.6 Å². The number of carbonyl (C=O) groups is 1. The molecule has 0 saturated carbocycles. The molecule has 1 rings (SSSR count). The van der Waals surface area contributed by atoms with Crippen LogP contribution in [0.2, 0.25) is 23.3 Å². The fourth-order valence-corrected chi connectivity index (χ4v) is 6.79. The average Bonchev–Trinajstić information content (AvgIpc) is 2.64. The van der Waals surface area contributed by atoms with Crippen LogP contribution in [-0.2, 0) is 29.2 Å². The van der Waals surface area contributed by atoms with Gasteiger partial charge in [0.25, 0.3) is 0 Å². The standard InChI is InChI=1S/C26H47ClN2O5SSi/c1-23(2,3)34-22(30)26(9,20-17-28-18-21(27)29-20)14-12-13-25(7,8)19-35(31,32)16-15-33-36(10,11)24(4,5)6/h17-18H,12-16,19H2,1-11H3. The van der Waals surface area contributed by atoms with Gasteiger partial charge >= 0.3 is 5.97 Å². The smallest absolute Gasteiger partial charge is 0.318 e. The lowest BCUT2D eigenvalue weighted by Crippen LogP contribution is -2.42. The van der Waals surface area contributed by atoms with Crippen molar-refractivity contribution in [3.8, 4) is 0 Å². The predicted octanol–water partition coefficient (Wildman–Crippen LogP) is 6.36. The molecule has 0 aliphatic heterocycles. The first-order valence-corrected chi connectivity index (χ1v) is 17.7. The molecular weight excluding hydrogens is 516 g/mol. The van der Waals surface area contributed by atoms with Gasteiger partial charge in [0.1, 0.15) is 16.2 Å². The van der Waals surface area contributed by atoms with E-state index >= 15 is 0 Å². The topological polar surface area (TPSA) is 95.5 Å². The number of esters is 1. The number of halogens is 1. The van der Waals surface area contributed by atoms with Gasteiger partial charge in [-0.05, 0) is 64.1 Å². The molecule has 1 aromatic heterocycles. The summed E-state index contributed by atoms with van der Waals surface area (Å²) in [5.41, 5.74) is -1.75. The Hall–Kier alpha value is -1.03. The number of rotatable bonds is 12. The van der Waals surface area contributed by atoms with Crippen molar-refractivity contribution in [1.29, 1.82) is 0 Å². The number of aromatic nitrogens is 2. The molecule has 36 heavy (non-hydrogen) atoms. The summed E-state index contributed by atoms with van der Waals surface area (Å²) in [6.45, 7) is 22.0. The zero-order chi connectivity index (χ0) is 28.2. The van der Waals surface area contributed by atoms with Crippen LogP contribution in [0.4, 0.5) is 0 Å². The van der Waals surface area contributed by atoms with E-state index in [0.29, 0.717) is 25.0 Å². The van der Waals surface area contributed by atoms with Crippen LogP contribution in [0.15, 0.2) is 12.4 Å². The van der Waals surface area contributed by atoms with E-state index in [1.807, 2.05) is 34.6 Å². The molecule has 10 heteroatoms. The Bertz CT molecular complexity index is 1000. The third-order valence-corrected chi connectivity index (χ3v) is 13.6. The molecule has 0 saturated heterocycles. The van der Waals surface area contributed by atoms with Crippen LogP contribution in [0.3, 0.4) is 0 Å². The van der Waals surface area contributed by atoms with Gasteiger partial charge < -0.3 is 9.16 Å². The molecule has 0 fully saturated rings. The molecule has 1 unspecified atom stereocenters. The van der Waals surface area contributed by atoms with Gasteiger partial charge in [-0.2, -0.15) is 0 Å². The maximum absolute atomic E-state index is 13.2. The number of sulfone groups is 1. The first kappa shape index (κ1) is 33.0.